The Kier molecular flexibility index (Phi) is 7.56. The summed E-state index contributed by atoms with van der Waals surface area (Å²) in [5, 5.41) is 4.97. The zero-order valence-electron chi connectivity index (χ0n) is 21.2. The van der Waals surface area contributed by atoms with Crippen molar-refractivity contribution in [2.45, 2.75) is 39.4 Å². The molecule has 37 heavy (non-hydrogen) atoms. The molecule has 2 fully saturated rings. The summed E-state index contributed by atoms with van der Waals surface area (Å²) in [5.74, 6) is 2.07. The zero-order valence-corrected chi connectivity index (χ0v) is 22.0. The van der Waals surface area contributed by atoms with Crippen LogP contribution in [0.2, 0.25) is 0 Å². The highest BCUT2D eigenvalue weighted by molar-refractivity contribution is 7.85. The van der Waals surface area contributed by atoms with Crippen molar-refractivity contribution in [3.8, 4) is 0 Å². The number of fused-ring (bicyclic) bond motifs is 1. The standard InChI is InChI=1S/C26H32F3N5O2S/c1-3-19-16-24(33-7-11-36-12-8-33)31-34-23(15-20-5-4-6-21(18(20)2)26(27,28)29)22(30-25(19)34)17-32-9-13-37(35)14-10-32/h4-6,16H,3,7-15,17H2,1-2H3. The maximum absolute atomic E-state index is 13.7. The van der Waals surface area contributed by atoms with Crippen LogP contribution in [0.4, 0.5) is 19.0 Å². The molecule has 0 radical (unpaired) electrons. The SMILES string of the molecule is CCc1cc(N2CCOCC2)nn2c(Cc3cccc(C(F)(F)F)c3C)c(CN3CCS(=O)CC3)nc12. The van der Waals surface area contributed by atoms with Gasteiger partial charge in [0.2, 0.25) is 0 Å². The van der Waals surface area contributed by atoms with E-state index in [2.05, 4.69) is 22.8 Å². The number of morpholine rings is 1. The molecule has 4 heterocycles. The van der Waals surface area contributed by atoms with Crippen LogP contribution in [0.15, 0.2) is 24.3 Å². The fourth-order valence-corrected chi connectivity index (χ4v) is 6.20. The summed E-state index contributed by atoms with van der Waals surface area (Å²) in [4.78, 5) is 9.40. The van der Waals surface area contributed by atoms with Crippen LogP contribution >= 0.6 is 0 Å². The van der Waals surface area contributed by atoms with Crippen LogP contribution in [0.1, 0.15) is 40.6 Å². The van der Waals surface area contributed by atoms with Crippen molar-refractivity contribution >= 4 is 22.3 Å². The summed E-state index contributed by atoms with van der Waals surface area (Å²) in [6.07, 6.45) is -3.37. The highest BCUT2D eigenvalue weighted by Crippen LogP contribution is 2.34. The number of benzene rings is 1. The molecule has 0 unspecified atom stereocenters. The molecule has 1 aromatic carbocycles. The van der Waals surface area contributed by atoms with Crippen molar-refractivity contribution in [3.05, 3.63) is 57.9 Å². The fourth-order valence-electron chi connectivity index (χ4n) is 5.08. The molecule has 5 rings (SSSR count). The predicted octanol–water partition coefficient (Wildman–Crippen LogP) is 3.61. The zero-order chi connectivity index (χ0) is 26.2. The molecular weight excluding hydrogens is 503 g/mol. The van der Waals surface area contributed by atoms with Crippen molar-refractivity contribution in [1.82, 2.24) is 19.5 Å². The lowest BCUT2D eigenvalue weighted by Crippen LogP contribution is -2.37. The quantitative estimate of drug-likeness (QED) is 0.481. The minimum absolute atomic E-state index is 0.226. The van der Waals surface area contributed by atoms with E-state index in [1.165, 1.54) is 13.0 Å². The number of alkyl halides is 3. The fraction of sp³-hybridized carbons (Fsp3) is 0.538. The minimum atomic E-state index is -4.41. The Hall–Kier alpha value is -2.50. The van der Waals surface area contributed by atoms with Gasteiger partial charge in [0.15, 0.2) is 5.65 Å². The highest BCUT2D eigenvalue weighted by atomic mass is 32.2. The molecule has 0 amide bonds. The molecule has 200 valence electrons. The maximum atomic E-state index is 13.7. The van der Waals surface area contributed by atoms with Crippen LogP contribution in [0.25, 0.3) is 5.65 Å². The second-order valence-corrected chi connectivity index (χ2v) is 11.3. The first-order chi connectivity index (χ1) is 17.7. The van der Waals surface area contributed by atoms with E-state index in [0.29, 0.717) is 49.9 Å². The van der Waals surface area contributed by atoms with E-state index < -0.39 is 22.5 Å². The van der Waals surface area contributed by atoms with Crippen LogP contribution in [0.5, 0.6) is 0 Å². The molecule has 2 aliphatic rings. The molecule has 0 spiro atoms. The van der Waals surface area contributed by atoms with Crippen molar-refractivity contribution in [1.29, 1.82) is 0 Å². The molecule has 2 aromatic heterocycles. The van der Waals surface area contributed by atoms with Gasteiger partial charge in [0.25, 0.3) is 0 Å². The van der Waals surface area contributed by atoms with E-state index in [0.717, 1.165) is 54.0 Å². The van der Waals surface area contributed by atoms with Gasteiger partial charge in [-0.25, -0.2) is 9.50 Å². The van der Waals surface area contributed by atoms with Crippen molar-refractivity contribution < 1.29 is 22.1 Å². The minimum Gasteiger partial charge on any atom is -0.378 e. The van der Waals surface area contributed by atoms with Crippen molar-refractivity contribution in [2.24, 2.45) is 0 Å². The van der Waals surface area contributed by atoms with Gasteiger partial charge < -0.3 is 9.64 Å². The third-order valence-corrected chi connectivity index (χ3v) is 8.57. The first-order valence-corrected chi connectivity index (χ1v) is 14.2. The molecule has 11 heteroatoms. The Morgan fingerprint density at radius 1 is 1.08 bits per heavy atom. The van der Waals surface area contributed by atoms with Gasteiger partial charge in [-0.2, -0.15) is 13.2 Å². The van der Waals surface area contributed by atoms with E-state index >= 15 is 0 Å². The van der Waals surface area contributed by atoms with Gasteiger partial charge in [0.05, 0.1) is 30.2 Å². The lowest BCUT2D eigenvalue weighted by molar-refractivity contribution is -0.138. The summed E-state index contributed by atoms with van der Waals surface area (Å²) in [7, 11) is -0.798. The lowest BCUT2D eigenvalue weighted by Gasteiger charge is -2.28. The molecule has 7 nitrogen and oxygen atoms in total. The van der Waals surface area contributed by atoms with Crippen molar-refractivity contribution in [2.75, 3.05) is 55.8 Å². The van der Waals surface area contributed by atoms with Crippen LogP contribution in [0.3, 0.4) is 0 Å². The normalized spacial score (nSPS) is 18.1. The number of aromatic nitrogens is 3. The molecule has 2 aliphatic heterocycles. The van der Waals surface area contributed by atoms with E-state index in [1.807, 2.05) is 4.52 Å². The predicted molar refractivity (Wildman–Crippen MR) is 138 cm³/mol. The topological polar surface area (TPSA) is 63.0 Å². The Morgan fingerprint density at radius 2 is 1.81 bits per heavy atom. The summed E-state index contributed by atoms with van der Waals surface area (Å²) in [6.45, 7) is 8.28. The number of ether oxygens (including phenoxy) is 1. The first-order valence-electron chi connectivity index (χ1n) is 12.7. The number of imidazole rings is 1. The lowest BCUT2D eigenvalue weighted by atomic mass is 9.98. The number of halogens is 3. The monoisotopic (exact) mass is 535 g/mol. The van der Waals surface area contributed by atoms with Gasteiger partial charge in [-0.3, -0.25) is 9.11 Å². The molecule has 0 atom stereocenters. The summed E-state index contributed by atoms with van der Waals surface area (Å²) in [6, 6.07) is 6.43. The van der Waals surface area contributed by atoms with E-state index in [9.17, 15) is 17.4 Å². The average Bonchev–Trinajstić information content (AvgIpc) is 3.22. The number of nitrogens with zero attached hydrogens (tertiary/aromatic N) is 5. The molecular formula is C26H32F3N5O2S. The third kappa shape index (κ3) is 5.53. The molecule has 2 saturated heterocycles. The number of hydrogen-bond donors (Lipinski definition) is 0. The Labute approximate surface area is 217 Å². The Bertz CT molecular complexity index is 1290. The van der Waals surface area contributed by atoms with Crippen LogP contribution < -0.4 is 4.90 Å². The average molecular weight is 536 g/mol. The van der Waals surface area contributed by atoms with E-state index in [1.54, 1.807) is 6.07 Å². The second-order valence-electron chi connectivity index (χ2n) is 9.61. The van der Waals surface area contributed by atoms with Crippen molar-refractivity contribution in [3.63, 3.8) is 0 Å². The number of anilines is 1. The van der Waals surface area contributed by atoms with Gasteiger partial charge in [-0.15, -0.1) is 5.10 Å². The highest BCUT2D eigenvalue weighted by Gasteiger charge is 2.33. The van der Waals surface area contributed by atoms with Gasteiger partial charge in [-0.05, 0) is 36.6 Å². The van der Waals surface area contributed by atoms with Gasteiger partial charge in [0.1, 0.15) is 5.82 Å². The van der Waals surface area contributed by atoms with Gasteiger partial charge in [-0.1, -0.05) is 19.1 Å². The number of hydrogen-bond acceptors (Lipinski definition) is 6. The third-order valence-electron chi connectivity index (χ3n) is 7.29. The summed E-state index contributed by atoms with van der Waals surface area (Å²) >= 11 is 0. The largest absolute Gasteiger partial charge is 0.416 e. The smallest absolute Gasteiger partial charge is 0.378 e. The maximum Gasteiger partial charge on any atom is 0.416 e. The van der Waals surface area contributed by atoms with Crippen LogP contribution in [-0.2, 0) is 41.1 Å². The molecule has 0 saturated carbocycles. The molecule has 0 N–H and O–H groups in total. The van der Waals surface area contributed by atoms with Crippen LogP contribution in [-0.4, -0.2) is 74.6 Å². The molecule has 0 bridgehead atoms. The Balaban J connectivity index is 1.61. The molecule has 3 aromatic rings. The summed E-state index contributed by atoms with van der Waals surface area (Å²) in [5.41, 5.74) is 3.62. The second kappa shape index (κ2) is 10.7. The molecule has 0 aliphatic carbocycles. The van der Waals surface area contributed by atoms with E-state index in [-0.39, 0.29) is 12.0 Å². The van der Waals surface area contributed by atoms with Crippen LogP contribution in [0, 0.1) is 6.92 Å². The number of aryl methyl sites for hydroxylation is 1. The number of rotatable bonds is 6. The first kappa shape index (κ1) is 26.1. The summed E-state index contributed by atoms with van der Waals surface area (Å²) < 4.78 is 60.2. The van der Waals surface area contributed by atoms with Gasteiger partial charge in [0, 0.05) is 67.0 Å². The van der Waals surface area contributed by atoms with E-state index in [4.69, 9.17) is 14.8 Å². The van der Waals surface area contributed by atoms with Gasteiger partial charge >= 0.3 is 6.18 Å². The Morgan fingerprint density at radius 3 is 2.49 bits per heavy atom.